The zero-order chi connectivity index (χ0) is 22.8. The van der Waals surface area contributed by atoms with E-state index in [0.717, 1.165) is 37.7 Å². The molecular formula is C25H34N6O2. The van der Waals surface area contributed by atoms with Crippen molar-refractivity contribution in [3.05, 3.63) is 47.2 Å². The smallest absolute Gasteiger partial charge is 0.415 e. The van der Waals surface area contributed by atoms with Crippen molar-refractivity contribution in [2.24, 2.45) is 5.92 Å². The molecule has 1 aromatic heterocycles. The van der Waals surface area contributed by atoms with Gasteiger partial charge in [-0.2, -0.15) is 4.98 Å². The van der Waals surface area contributed by atoms with E-state index in [9.17, 15) is 4.79 Å². The number of piperazine rings is 1. The highest BCUT2D eigenvalue weighted by molar-refractivity contribution is 5.89. The summed E-state index contributed by atoms with van der Waals surface area (Å²) in [5.41, 5.74) is 3.44. The van der Waals surface area contributed by atoms with Crippen LogP contribution in [-0.2, 0) is 11.3 Å². The summed E-state index contributed by atoms with van der Waals surface area (Å²) < 4.78 is 5.18. The minimum Gasteiger partial charge on any atom is -0.444 e. The first-order valence-electron chi connectivity index (χ1n) is 12.2. The number of fused-ring (bicyclic) bond motifs is 1. The highest BCUT2D eigenvalue weighted by Gasteiger charge is 2.30. The van der Waals surface area contributed by atoms with E-state index in [1.165, 1.54) is 30.4 Å². The number of aromatic nitrogens is 2. The molecule has 0 radical (unpaired) electrons. The van der Waals surface area contributed by atoms with Gasteiger partial charge in [-0.25, -0.2) is 9.78 Å². The van der Waals surface area contributed by atoms with Gasteiger partial charge in [0.25, 0.3) is 0 Å². The molecule has 0 spiro atoms. The molecule has 1 amide bonds. The first-order valence-corrected chi connectivity index (χ1v) is 12.2. The van der Waals surface area contributed by atoms with Crippen molar-refractivity contribution in [2.45, 2.75) is 51.8 Å². The second kappa shape index (κ2) is 9.65. The van der Waals surface area contributed by atoms with Gasteiger partial charge >= 0.3 is 6.09 Å². The van der Waals surface area contributed by atoms with Gasteiger partial charge in [0.1, 0.15) is 12.4 Å². The summed E-state index contributed by atoms with van der Waals surface area (Å²) in [5, 5.41) is 6.88. The molecular weight excluding hydrogens is 416 g/mol. The number of nitrogens with zero attached hydrogens (tertiary/aromatic N) is 4. The van der Waals surface area contributed by atoms with Gasteiger partial charge in [-0.05, 0) is 37.3 Å². The molecule has 33 heavy (non-hydrogen) atoms. The SMILES string of the molecule is CCN1C(=O)OCc2cnc(N[C@@H](C)c3ccc(C(CC4CC4)N4CCNCC4)cc3)nc21. The number of benzene rings is 1. The number of amides is 1. The molecule has 8 nitrogen and oxygen atoms in total. The molecule has 2 aliphatic heterocycles. The molecule has 1 saturated heterocycles. The van der Waals surface area contributed by atoms with Gasteiger partial charge in [-0.15, -0.1) is 0 Å². The quantitative estimate of drug-likeness (QED) is 0.632. The van der Waals surface area contributed by atoms with Crippen molar-refractivity contribution in [3.8, 4) is 0 Å². The third-order valence-electron chi connectivity index (χ3n) is 7.00. The first-order chi connectivity index (χ1) is 16.1. The van der Waals surface area contributed by atoms with Crippen molar-refractivity contribution >= 4 is 17.9 Å². The zero-order valence-corrected chi connectivity index (χ0v) is 19.6. The molecule has 2 fully saturated rings. The summed E-state index contributed by atoms with van der Waals surface area (Å²) in [7, 11) is 0. The fourth-order valence-electron chi connectivity index (χ4n) is 4.83. The van der Waals surface area contributed by atoms with E-state index in [1.807, 2.05) is 6.92 Å². The highest BCUT2D eigenvalue weighted by atomic mass is 16.6. The van der Waals surface area contributed by atoms with Crippen molar-refractivity contribution in [1.29, 1.82) is 0 Å². The Kier molecular flexibility index (Phi) is 6.46. The molecule has 2 atom stereocenters. The molecule has 1 aliphatic carbocycles. The van der Waals surface area contributed by atoms with Crippen molar-refractivity contribution < 1.29 is 9.53 Å². The maximum absolute atomic E-state index is 12.0. The van der Waals surface area contributed by atoms with Gasteiger partial charge in [0, 0.05) is 45.0 Å². The Labute approximate surface area is 195 Å². The predicted molar refractivity (Wildman–Crippen MR) is 128 cm³/mol. The summed E-state index contributed by atoms with van der Waals surface area (Å²) in [6.45, 7) is 9.15. The molecule has 1 unspecified atom stereocenters. The van der Waals surface area contributed by atoms with E-state index >= 15 is 0 Å². The molecule has 2 aromatic rings. The molecule has 8 heteroatoms. The second-order valence-corrected chi connectivity index (χ2v) is 9.35. The van der Waals surface area contributed by atoms with Crippen LogP contribution in [0.25, 0.3) is 0 Å². The average Bonchev–Trinajstić information content (AvgIpc) is 3.67. The lowest BCUT2D eigenvalue weighted by atomic mass is 9.96. The van der Waals surface area contributed by atoms with Gasteiger partial charge in [-0.3, -0.25) is 9.80 Å². The number of hydrogen-bond acceptors (Lipinski definition) is 7. The molecule has 3 heterocycles. The third-order valence-corrected chi connectivity index (χ3v) is 7.00. The summed E-state index contributed by atoms with van der Waals surface area (Å²) in [6, 6.07) is 9.60. The van der Waals surface area contributed by atoms with Gasteiger partial charge < -0.3 is 15.4 Å². The van der Waals surface area contributed by atoms with Crippen LogP contribution in [0, 0.1) is 5.92 Å². The van der Waals surface area contributed by atoms with E-state index in [2.05, 4.69) is 56.7 Å². The molecule has 1 saturated carbocycles. The third kappa shape index (κ3) is 4.96. The predicted octanol–water partition coefficient (Wildman–Crippen LogP) is 3.87. The Bertz CT molecular complexity index is 971. The lowest BCUT2D eigenvalue weighted by Crippen LogP contribution is -2.45. The zero-order valence-electron chi connectivity index (χ0n) is 19.6. The van der Waals surface area contributed by atoms with Crippen molar-refractivity contribution in [1.82, 2.24) is 20.2 Å². The monoisotopic (exact) mass is 450 g/mol. The Balaban J connectivity index is 1.29. The summed E-state index contributed by atoms with van der Waals surface area (Å²) in [5.74, 6) is 2.05. The van der Waals surface area contributed by atoms with E-state index in [4.69, 9.17) is 4.74 Å². The molecule has 3 aliphatic rings. The number of anilines is 2. The van der Waals surface area contributed by atoms with Gasteiger partial charge in [0.15, 0.2) is 0 Å². The maximum atomic E-state index is 12.0. The Morgan fingerprint density at radius 3 is 2.61 bits per heavy atom. The van der Waals surface area contributed by atoms with Crippen molar-refractivity contribution in [2.75, 3.05) is 42.9 Å². The van der Waals surface area contributed by atoms with Gasteiger partial charge in [0.2, 0.25) is 5.95 Å². The average molecular weight is 451 g/mol. The van der Waals surface area contributed by atoms with Crippen LogP contribution in [0.1, 0.15) is 61.9 Å². The highest BCUT2D eigenvalue weighted by Crippen LogP contribution is 2.40. The summed E-state index contributed by atoms with van der Waals surface area (Å²) in [4.78, 5) is 25.3. The van der Waals surface area contributed by atoms with Crippen LogP contribution in [-0.4, -0.2) is 53.7 Å². The Hall–Kier alpha value is -2.71. The Morgan fingerprint density at radius 2 is 1.91 bits per heavy atom. The van der Waals surface area contributed by atoms with E-state index in [-0.39, 0.29) is 18.7 Å². The molecule has 0 bridgehead atoms. The Morgan fingerprint density at radius 1 is 1.18 bits per heavy atom. The van der Waals surface area contributed by atoms with E-state index in [0.29, 0.717) is 24.4 Å². The normalized spacial score (nSPS) is 20.7. The first kappa shape index (κ1) is 22.1. The number of ether oxygens (including phenoxy) is 1. The van der Waals surface area contributed by atoms with E-state index in [1.54, 1.807) is 11.1 Å². The molecule has 176 valence electrons. The maximum Gasteiger partial charge on any atom is 0.415 e. The van der Waals surface area contributed by atoms with Crippen molar-refractivity contribution in [3.63, 3.8) is 0 Å². The van der Waals surface area contributed by atoms with Crippen LogP contribution in [0.4, 0.5) is 16.6 Å². The minimum atomic E-state index is -0.358. The number of nitrogens with one attached hydrogen (secondary N) is 2. The summed E-state index contributed by atoms with van der Waals surface area (Å²) in [6.07, 6.45) is 5.42. The standard InChI is InChI=1S/C25H34N6O2/c1-3-31-23-21(16-33-25(31)32)15-27-24(29-23)28-17(2)19-6-8-20(9-7-19)22(14-18-4-5-18)30-12-10-26-11-13-30/h6-9,15,17-18,22,26H,3-5,10-14,16H2,1-2H3,(H,27,28,29)/t17-,22?/m0/s1. The second-order valence-electron chi connectivity index (χ2n) is 9.35. The van der Waals surface area contributed by atoms with Crippen LogP contribution < -0.4 is 15.5 Å². The lowest BCUT2D eigenvalue weighted by Gasteiger charge is -2.35. The van der Waals surface area contributed by atoms with Gasteiger partial charge in [-0.1, -0.05) is 37.1 Å². The molecule has 2 N–H and O–H groups in total. The van der Waals surface area contributed by atoms with Crippen LogP contribution in [0.2, 0.25) is 0 Å². The summed E-state index contributed by atoms with van der Waals surface area (Å²) >= 11 is 0. The topological polar surface area (TPSA) is 82.6 Å². The number of carbonyl (C=O) groups excluding carboxylic acids is 1. The van der Waals surface area contributed by atoms with Crippen LogP contribution in [0.3, 0.4) is 0 Å². The minimum absolute atomic E-state index is 0.0452. The lowest BCUT2D eigenvalue weighted by molar-refractivity contribution is 0.141. The molecule has 1 aromatic carbocycles. The van der Waals surface area contributed by atoms with E-state index < -0.39 is 0 Å². The fourth-order valence-corrected chi connectivity index (χ4v) is 4.83. The van der Waals surface area contributed by atoms with Gasteiger partial charge in [0.05, 0.1) is 11.6 Å². The molecule has 5 rings (SSSR count). The number of hydrogen-bond donors (Lipinski definition) is 2. The number of carbonyl (C=O) groups is 1. The fraction of sp³-hybridized carbons (Fsp3) is 0.560. The van der Waals surface area contributed by atoms with Crippen LogP contribution >= 0.6 is 0 Å². The number of cyclic esters (lactones) is 1. The number of rotatable bonds is 8. The van der Waals surface area contributed by atoms with Crippen LogP contribution in [0.15, 0.2) is 30.5 Å². The largest absolute Gasteiger partial charge is 0.444 e. The van der Waals surface area contributed by atoms with Crippen LogP contribution in [0.5, 0.6) is 0 Å².